The molecule has 2 heteroatoms. The van der Waals surface area contributed by atoms with Crippen LogP contribution in [0.1, 0.15) is 26.7 Å². The standard InChI is InChI=1S/C9H20N2/c1-7(2)3-4-8-5-11-6-9(8)10/h7-9,11H,3-6,10H2,1-2H3/t8-,9+/m0/s1. The first-order valence-corrected chi connectivity index (χ1v) is 4.66. The Morgan fingerprint density at radius 3 is 2.64 bits per heavy atom. The Balaban J connectivity index is 2.15. The molecule has 1 heterocycles. The van der Waals surface area contributed by atoms with Gasteiger partial charge in [-0.2, -0.15) is 0 Å². The lowest BCUT2D eigenvalue weighted by Crippen LogP contribution is -2.29. The summed E-state index contributed by atoms with van der Waals surface area (Å²) in [4.78, 5) is 0. The van der Waals surface area contributed by atoms with E-state index in [2.05, 4.69) is 19.2 Å². The van der Waals surface area contributed by atoms with E-state index in [-0.39, 0.29) is 0 Å². The minimum atomic E-state index is 0.411. The van der Waals surface area contributed by atoms with Crippen LogP contribution < -0.4 is 11.1 Å². The van der Waals surface area contributed by atoms with Crippen LogP contribution in [-0.2, 0) is 0 Å². The van der Waals surface area contributed by atoms with Crippen LogP contribution in [-0.4, -0.2) is 19.1 Å². The highest BCUT2D eigenvalue weighted by molar-refractivity contribution is 4.83. The van der Waals surface area contributed by atoms with E-state index < -0.39 is 0 Å². The third-order valence-electron chi connectivity index (χ3n) is 2.51. The molecule has 0 unspecified atom stereocenters. The van der Waals surface area contributed by atoms with Crippen LogP contribution in [0.3, 0.4) is 0 Å². The van der Waals surface area contributed by atoms with E-state index in [1.807, 2.05) is 0 Å². The summed E-state index contributed by atoms with van der Waals surface area (Å²) in [6.45, 7) is 6.69. The highest BCUT2D eigenvalue weighted by Gasteiger charge is 2.22. The second-order valence-electron chi connectivity index (χ2n) is 4.05. The molecule has 2 atom stereocenters. The molecule has 66 valence electrons. The molecule has 0 aromatic heterocycles. The van der Waals surface area contributed by atoms with Gasteiger partial charge in [0.2, 0.25) is 0 Å². The number of rotatable bonds is 3. The van der Waals surface area contributed by atoms with Crippen LogP contribution >= 0.6 is 0 Å². The Hall–Kier alpha value is -0.0800. The predicted molar refractivity (Wildman–Crippen MR) is 48.4 cm³/mol. The Labute approximate surface area is 69.5 Å². The summed E-state index contributed by atoms with van der Waals surface area (Å²) in [6, 6.07) is 0.411. The molecule has 3 N–H and O–H groups in total. The van der Waals surface area contributed by atoms with Crippen LogP contribution in [0.15, 0.2) is 0 Å². The molecule has 0 saturated carbocycles. The van der Waals surface area contributed by atoms with Gasteiger partial charge in [0.15, 0.2) is 0 Å². The van der Waals surface area contributed by atoms with Crippen molar-refractivity contribution >= 4 is 0 Å². The fraction of sp³-hybridized carbons (Fsp3) is 1.00. The Morgan fingerprint density at radius 2 is 2.18 bits per heavy atom. The first kappa shape index (κ1) is 9.01. The molecule has 11 heavy (non-hydrogen) atoms. The van der Waals surface area contributed by atoms with Gasteiger partial charge in [0.05, 0.1) is 0 Å². The summed E-state index contributed by atoms with van der Waals surface area (Å²) in [6.07, 6.45) is 2.62. The molecule has 0 bridgehead atoms. The lowest BCUT2D eigenvalue weighted by Gasteiger charge is -2.14. The summed E-state index contributed by atoms with van der Waals surface area (Å²) < 4.78 is 0. The van der Waals surface area contributed by atoms with Crippen LogP contribution in [0.5, 0.6) is 0 Å². The van der Waals surface area contributed by atoms with E-state index in [4.69, 9.17) is 5.73 Å². The predicted octanol–water partition coefficient (Wildman–Crippen LogP) is 0.969. The van der Waals surface area contributed by atoms with Gasteiger partial charge in [0.25, 0.3) is 0 Å². The highest BCUT2D eigenvalue weighted by Crippen LogP contribution is 2.16. The van der Waals surface area contributed by atoms with Crippen molar-refractivity contribution in [2.24, 2.45) is 17.6 Å². The molecule has 1 rings (SSSR count). The molecule has 0 aromatic carbocycles. The second kappa shape index (κ2) is 4.07. The van der Waals surface area contributed by atoms with Gasteiger partial charge >= 0.3 is 0 Å². The molecule has 1 saturated heterocycles. The first-order chi connectivity index (χ1) is 5.20. The van der Waals surface area contributed by atoms with Gasteiger partial charge in [-0.3, -0.25) is 0 Å². The summed E-state index contributed by atoms with van der Waals surface area (Å²) >= 11 is 0. The summed E-state index contributed by atoms with van der Waals surface area (Å²) in [7, 11) is 0. The van der Waals surface area contributed by atoms with E-state index in [9.17, 15) is 0 Å². The summed E-state index contributed by atoms with van der Waals surface area (Å²) in [5.41, 5.74) is 5.90. The fourth-order valence-corrected chi connectivity index (χ4v) is 1.62. The van der Waals surface area contributed by atoms with Crippen molar-refractivity contribution in [3.8, 4) is 0 Å². The van der Waals surface area contributed by atoms with Crippen molar-refractivity contribution < 1.29 is 0 Å². The molecule has 0 aliphatic carbocycles. The smallest absolute Gasteiger partial charge is 0.0206 e. The SMILES string of the molecule is CC(C)CC[C@H]1CNC[C@H]1N. The average Bonchev–Trinajstić information content (AvgIpc) is 2.31. The van der Waals surface area contributed by atoms with Gasteiger partial charge in [-0.25, -0.2) is 0 Å². The van der Waals surface area contributed by atoms with E-state index in [0.29, 0.717) is 6.04 Å². The Kier molecular flexibility index (Phi) is 3.34. The van der Waals surface area contributed by atoms with E-state index in [0.717, 1.165) is 24.9 Å². The largest absolute Gasteiger partial charge is 0.326 e. The zero-order valence-electron chi connectivity index (χ0n) is 7.64. The van der Waals surface area contributed by atoms with Gasteiger partial charge in [-0.15, -0.1) is 0 Å². The van der Waals surface area contributed by atoms with Gasteiger partial charge in [0.1, 0.15) is 0 Å². The molecule has 2 nitrogen and oxygen atoms in total. The maximum Gasteiger partial charge on any atom is 0.0206 e. The molecule has 0 radical (unpaired) electrons. The zero-order chi connectivity index (χ0) is 8.27. The summed E-state index contributed by atoms with van der Waals surface area (Å²) in [5, 5.41) is 3.32. The third kappa shape index (κ3) is 2.80. The van der Waals surface area contributed by atoms with Gasteiger partial charge < -0.3 is 11.1 Å². The van der Waals surface area contributed by atoms with Crippen LogP contribution in [0.25, 0.3) is 0 Å². The van der Waals surface area contributed by atoms with Crippen molar-refractivity contribution in [1.29, 1.82) is 0 Å². The van der Waals surface area contributed by atoms with Crippen molar-refractivity contribution in [2.75, 3.05) is 13.1 Å². The lowest BCUT2D eigenvalue weighted by atomic mass is 9.94. The zero-order valence-corrected chi connectivity index (χ0v) is 7.64. The third-order valence-corrected chi connectivity index (χ3v) is 2.51. The van der Waals surface area contributed by atoms with Gasteiger partial charge in [-0.05, 0) is 24.8 Å². The minimum Gasteiger partial charge on any atom is -0.326 e. The molecular formula is C9H20N2. The second-order valence-corrected chi connectivity index (χ2v) is 4.05. The van der Waals surface area contributed by atoms with Crippen molar-refractivity contribution in [1.82, 2.24) is 5.32 Å². The first-order valence-electron chi connectivity index (χ1n) is 4.66. The number of hydrogen-bond acceptors (Lipinski definition) is 2. The molecule has 1 fully saturated rings. The lowest BCUT2D eigenvalue weighted by molar-refractivity contribution is 0.418. The van der Waals surface area contributed by atoms with E-state index in [1.165, 1.54) is 12.8 Å². The molecular weight excluding hydrogens is 136 g/mol. The van der Waals surface area contributed by atoms with Crippen LogP contribution in [0.2, 0.25) is 0 Å². The monoisotopic (exact) mass is 156 g/mol. The summed E-state index contributed by atoms with van der Waals surface area (Å²) in [5.74, 6) is 1.56. The van der Waals surface area contributed by atoms with E-state index in [1.54, 1.807) is 0 Å². The maximum atomic E-state index is 5.90. The van der Waals surface area contributed by atoms with Gasteiger partial charge in [0, 0.05) is 12.6 Å². The number of nitrogens with two attached hydrogens (primary N) is 1. The topological polar surface area (TPSA) is 38.0 Å². The Bertz CT molecular complexity index is 112. The number of hydrogen-bond donors (Lipinski definition) is 2. The maximum absolute atomic E-state index is 5.90. The molecule has 1 aliphatic heterocycles. The van der Waals surface area contributed by atoms with Crippen LogP contribution in [0.4, 0.5) is 0 Å². The fourth-order valence-electron chi connectivity index (χ4n) is 1.62. The minimum absolute atomic E-state index is 0.411. The molecule has 1 aliphatic rings. The Morgan fingerprint density at radius 1 is 1.45 bits per heavy atom. The van der Waals surface area contributed by atoms with Gasteiger partial charge in [-0.1, -0.05) is 20.3 Å². The van der Waals surface area contributed by atoms with Crippen molar-refractivity contribution in [3.63, 3.8) is 0 Å². The number of nitrogens with one attached hydrogen (secondary N) is 1. The molecule has 0 aromatic rings. The normalized spacial score (nSPS) is 31.6. The van der Waals surface area contributed by atoms with Crippen molar-refractivity contribution in [2.45, 2.75) is 32.7 Å². The quantitative estimate of drug-likeness (QED) is 0.639. The highest BCUT2D eigenvalue weighted by atomic mass is 15.0. The molecule has 0 amide bonds. The van der Waals surface area contributed by atoms with E-state index >= 15 is 0 Å². The molecule has 0 spiro atoms. The average molecular weight is 156 g/mol. The van der Waals surface area contributed by atoms with Crippen molar-refractivity contribution in [3.05, 3.63) is 0 Å². The van der Waals surface area contributed by atoms with Crippen LogP contribution in [0, 0.1) is 11.8 Å².